The van der Waals surface area contributed by atoms with Crippen molar-refractivity contribution in [2.24, 2.45) is 4.99 Å². The molecule has 0 fully saturated rings. The number of benzene rings is 1. The normalized spacial score (nSPS) is 10.8. The Kier molecular flexibility index (Phi) is 11.7. The number of aryl methyl sites for hydroxylation is 1. The minimum absolute atomic E-state index is 0. The molecule has 0 aliphatic heterocycles. The molecule has 148 valence electrons. The fourth-order valence-corrected chi connectivity index (χ4v) is 2.51. The van der Waals surface area contributed by atoms with Gasteiger partial charge in [0.2, 0.25) is 5.91 Å². The van der Waals surface area contributed by atoms with Gasteiger partial charge in [-0.3, -0.25) is 14.5 Å². The number of carbonyl (C=O) groups is 1. The van der Waals surface area contributed by atoms with Gasteiger partial charge in [-0.15, -0.1) is 24.0 Å². The van der Waals surface area contributed by atoms with Crippen molar-refractivity contribution in [2.75, 3.05) is 25.0 Å². The van der Waals surface area contributed by atoms with Gasteiger partial charge in [0.15, 0.2) is 5.96 Å². The summed E-state index contributed by atoms with van der Waals surface area (Å²) in [6.07, 6.45) is 4.99. The fourth-order valence-electron chi connectivity index (χ4n) is 2.25. The first-order valence-electron chi connectivity index (χ1n) is 8.72. The van der Waals surface area contributed by atoms with Crippen molar-refractivity contribution < 1.29 is 4.79 Å². The molecule has 27 heavy (non-hydrogen) atoms. The summed E-state index contributed by atoms with van der Waals surface area (Å²) in [4.78, 5) is 16.5. The Morgan fingerprint density at radius 1 is 1.26 bits per heavy atom. The lowest BCUT2D eigenvalue weighted by Gasteiger charge is -2.11. The number of aromatic nitrogens is 2. The Morgan fingerprint density at radius 3 is 2.70 bits per heavy atom. The van der Waals surface area contributed by atoms with Crippen molar-refractivity contribution in [3.8, 4) is 0 Å². The Balaban J connectivity index is 0.00000364. The van der Waals surface area contributed by atoms with E-state index in [9.17, 15) is 4.79 Å². The zero-order valence-electron chi connectivity index (χ0n) is 15.3. The molecule has 0 saturated heterocycles. The Hall–Kier alpha value is -1.62. The molecule has 1 amide bonds. The maximum atomic E-state index is 12.0. The van der Waals surface area contributed by atoms with Gasteiger partial charge in [-0.2, -0.15) is 5.10 Å². The van der Waals surface area contributed by atoms with Crippen molar-refractivity contribution in [1.29, 1.82) is 0 Å². The molecular weight excluding hydrogens is 523 g/mol. The summed E-state index contributed by atoms with van der Waals surface area (Å²) in [6.45, 7) is 4.84. The number of nitrogens with zero attached hydrogens (tertiary/aromatic N) is 3. The summed E-state index contributed by atoms with van der Waals surface area (Å²) in [7, 11) is 0. The first kappa shape index (κ1) is 23.4. The number of amides is 1. The third kappa shape index (κ3) is 9.76. The van der Waals surface area contributed by atoms with Gasteiger partial charge in [-0.1, -0.05) is 15.9 Å². The molecule has 2 rings (SSSR count). The second-order valence-corrected chi connectivity index (χ2v) is 6.53. The Bertz CT molecular complexity index is 690. The number of halogens is 2. The smallest absolute Gasteiger partial charge is 0.226 e. The predicted molar refractivity (Wildman–Crippen MR) is 124 cm³/mol. The molecule has 0 unspecified atom stereocenters. The van der Waals surface area contributed by atoms with Crippen LogP contribution in [-0.2, 0) is 11.3 Å². The highest BCUT2D eigenvalue weighted by Gasteiger charge is 2.03. The molecular formula is C18H26BrIN6O. The molecule has 1 aromatic carbocycles. The van der Waals surface area contributed by atoms with Crippen molar-refractivity contribution in [1.82, 2.24) is 20.4 Å². The van der Waals surface area contributed by atoms with Crippen LogP contribution in [0.4, 0.5) is 5.69 Å². The average Bonchev–Trinajstić information content (AvgIpc) is 3.14. The van der Waals surface area contributed by atoms with Gasteiger partial charge in [-0.05, 0) is 43.7 Å². The molecule has 0 aliphatic rings. The van der Waals surface area contributed by atoms with Crippen LogP contribution in [0.3, 0.4) is 0 Å². The maximum absolute atomic E-state index is 12.0. The molecule has 0 radical (unpaired) electrons. The van der Waals surface area contributed by atoms with Crippen molar-refractivity contribution in [2.45, 2.75) is 26.3 Å². The second kappa shape index (κ2) is 13.5. The zero-order valence-corrected chi connectivity index (χ0v) is 19.2. The van der Waals surface area contributed by atoms with Crippen LogP contribution in [0.5, 0.6) is 0 Å². The lowest BCUT2D eigenvalue weighted by Crippen LogP contribution is -2.38. The predicted octanol–water partition coefficient (Wildman–Crippen LogP) is 3.24. The summed E-state index contributed by atoms with van der Waals surface area (Å²) in [5.41, 5.74) is 0.789. The van der Waals surface area contributed by atoms with Gasteiger partial charge in [0, 0.05) is 55.2 Å². The number of guanidine groups is 1. The lowest BCUT2D eigenvalue weighted by molar-refractivity contribution is -0.116. The van der Waals surface area contributed by atoms with Crippen LogP contribution in [0.15, 0.2) is 52.2 Å². The van der Waals surface area contributed by atoms with E-state index in [4.69, 9.17) is 0 Å². The maximum Gasteiger partial charge on any atom is 0.226 e. The van der Waals surface area contributed by atoms with Gasteiger partial charge >= 0.3 is 0 Å². The van der Waals surface area contributed by atoms with E-state index in [0.717, 1.165) is 35.6 Å². The number of aliphatic imine (C=N–C) groups is 1. The van der Waals surface area contributed by atoms with E-state index in [2.05, 4.69) is 42.0 Å². The third-order valence-corrected chi connectivity index (χ3v) is 4.02. The molecule has 1 aromatic heterocycles. The molecule has 9 heteroatoms. The third-order valence-electron chi connectivity index (χ3n) is 3.49. The fraction of sp³-hybridized carbons (Fsp3) is 0.389. The largest absolute Gasteiger partial charge is 0.357 e. The molecule has 0 atom stereocenters. The number of hydrogen-bond donors (Lipinski definition) is 3. The van der Waals surface area contributed by atoms with Crippen molar-refractivity contribution in [3.05, 3.63) is 47.2 Å². The van der Waals surface area contributed by atoms with E-state index in [1.807, 2.05) is 48.1 Å². The van der Waals surface area contributed by atoms with Gasteiger partial charge < -0.3 is 16.0 Å². The topological polar surface area (TPSA) is 83.3 Å². The van der Waals surface area contributed by atoms with Crippen molar-refractivity contribution >= 4 is 57.5 Å². The number of rotatable bonds is 9. The van der Waals surface area contributed by atoms with Gasteiger partial charge in [0.05, 0.1) is 0 Å². The van der Waals surface area contributed by atoms with Crippen LogP contribution in [0, 0.1) is 0 Å². The molecule has 0 spiro atoms. The van der Waals surface area contributed by atoms with Crippen LogP contribution >= 0.6 is 39.9 Å². The van der Waals surface area contributed by atoms with E-state index in [1.54, 1.807) is 6.20 Å². The van der Waals surface area contributed by atoms with E-state index in [0.29, 0.717) is 19.5 Å². The number of nitrogens with one attached hydrogen (secondary N) is 3. The summed E-state index contributed by atoms with van der Waals surface area (Å²) in [5, 5.41) is 13.4. The van der Waals surface area contributed by atoms with Crippen molar-refractivity contribution in [3.63, 3.8) is 0 Å². The molecule has 2 aromatic rings. The molecule has 3 N–H and O–H groups in total. The summed E-state index contributed by atoms with van der Waals surface area (Å²) >= 11 is 3.37. The van der Waals surface area contributed by atoms with E-state index in [1.165, 1.54) is 0 Å². The zero-order chi connectivity index (χ0) is 18.6. The second-order valence-electron chi connectivity index (χ2n) is 5.62. The Morgan fingerprint density at radius 2 is 2.04 bits per heavy atom. The minimum Gasteiger partial charge on any atom is -0.357 e. The first-order valence-corrected chi connectivity index (χ1v) is 9.51. The number of carbonyl (C=O) groups excluding carboxylic acids is 1. The van der Waals surface area contributed by atoms with Gasteiger partial charge in [0.1, 0.15) is 0 Å². The summed E-state index contributed by atoms with van der Waals surface area (Å²) < 4.78 is 2.87. The van der Waals surface area contributed by atoms with Gasteiger partial charge in [-0.25, -0.2) is 0 Å². The molecule has 1 heterocycles. The van der Waals surface area contributed by atoms with Crippen LogP contribution in [0.25, 0.3) is 0 Å². The molecule has 7 nitrogen and oxygen atoms in total. The Labute approximate surface area is 185 Å². The highest BCUT2D eigenvalue weighted by atomic mass is 127. The quantitative estimate of drug-likeness (QED) is 0.194. The van der Waals surface area contributed by atoms with E-state index in [-0.39, 0.29) is 29.9 Å². The van der Waals surface area contributed by atoms with Crippen LogP contribution in [0.1, 0.15) is 19.8 Å². The lowest BCUT2D eigenvalue weighted by atomic mass is 10.3. The van der Waals surface area contributed by atoms with Crippen LogP contribution in [-0.4, -0.2) is 41.3 Å². The first-order chi connectivity index (χ1) is 12.7. The van der Waals surface area contributed by atoms with Crippen LogP contribution < -0.4 is 16.0 Å². The highest BCUT2D eigenvalue weighted by Crippen LogP contribution is 2.14. The standard InChI is InChI=1S/C18H25BrN6O.HI/c1-2-20-18(21-10-3-13-25-14-4-11-23-25)22-12-9-17(26)24-16-7-5-15(19)6-8-16;/h4-8,11,14H,2-3,9-10,12-13H2,1H3,(H,24,26)(H2,20,21,22);1H. The monoisotopic (exact) mass is 548 g/mol. The van der Waals surface area contributed by atoms with Crippen LogP contribution in [0.2, 0.25) is 0 Å². The van der Waals surface area contributed by atoms with E-state index >= 15 is 0 Å². The van der Waals surface area contributed by atoms with Gasteiger partial charge in [0.25, 0.3) is 0 Å². The molecule has 0 bridgehead atoms. The minimum atomic E-state index is -0.0330. The summed E-state index contributed by atoms with van der Waals surface area (Å²) in [6, 6.07) is 9.43. The number of hydrogen-bond acceptors (Lipinski definition) is 3. The SMILES string of the molecule is CCNC(=NCCCn1cccn1)NCCC(=O)Nc1ccc(Br)cc1.I. The average molecular weight is 549 g/mol. The highest BCUT2D eigenvalue weighted by molar-refractivity contribution is 14.0. The summed E-state index contributed by atoms with van der Waals surface area (Å²) in [5.74, 6) is 0.693. The molecule has 0 saturated carbocycles. The van der Waals surface area contributed by atoms with E-state index < -0.39 is 0 Å². The molecule has 0 aliphatic carbocycles. The number of anilines is 1.